The summed E-state index contributed by atoms with van der Waals surface area (Å²) >= 11 is 0. The Bertz CT molecular complexity index is 909. The van der Waals surface area contributed by atoms with Gasteiger partial charge in [-0.05, 0) is 43.2 Å². The van der Waals surface area contributed by atoms with E-state index >= 15 is 0 Å². The van der Waals surface area contributed by atoms with Crippen LogP contribution in [0.15, 0.2) is 47.4 Å². The van der Waals surface area contributed by atoms with Crippen LogP contribution in [0.3, 0.4) is 0 Å². The topological polar surface area (TPSA) is 75.7 Å². The first-order valence-corrected chi connectivity index (χ1v) is 9.56. The molecule has 1 N–H and O–H groups in total. The van der Waals surface area contributed by atoms with Gasteiger partial charge in [0.1, 0.15) is 10.6 Å². The molecule has 0 saturated heterocycles. The van der Waals surface area contributed by atoms with Crippen molar-refractivity contribution >= 4 is 27.3 Å². The number of amides is 1. The maximum absolute atomic E-state index is 12.7. The Labute approximate surface area is 147 Å². The summed E-state index contributed by atoms with van der Waals surface area (Å²) in [5.74, 6) is 0.254. The Kier molecular flexibility index (Phi) is 4.67. The minimum Gasteiger partial charge on any atom is -0.492 e. The zero-order chi connectivity index (χ0) is 18.0. The number of hydrogen-bond acceptors (Lipinski definition) is 4. The highest BCUT2D eigenvalue weighted by molar-refractivity contribution is 7.92. The van der Waals surface area contributed by atoms with E-state index < -0.39 is 10.0 Å². The summed E-state index contributed by atoms with van der Waals surface area (Å²) in [5, 5.41) is 0. The van der Waals surface area contributed by atoms with Gasteiger partial charge in [0.15, 0.2) is 0 Å². The van der Waals surface area contributed by atoms with Gasteiger partial charge in [-0.15, -0.1) is 0 Å². The molecule has 0 saturated carbocycles. The predicted octanol–water partition coefficient (Wildman–Crippen LogP) is 2.80. The second kappa shape index (κ2) is 6.76. The van der Waals surface area contributed by atoms with E-state index in [1.807, 2.05) is 6.07 Å². The summed E-state index contributed by atoms with van der Waals surface area (Å²) < 4.78 is 33.5. The molecule has 1 aliphatic rings. The van der Waals surface area contributed by atoms with Crippen molar-refractivity contribution in [1.29, 1.82) is 0 Å². The lowest BCUT2D eigenvalue weighted by Gasteiger charge is -2.17. The minimum absolute atomic E-state index is 0.0551. The molecule has 1 aliphatic heterocycles. The molecule has 3 rings (SSSR count). The van der Waals surface area contributed by atoms with Crippen LogP contribution in [0.2, 0.25) is 0 Å². The van der Waals surface area contributed by atoms with E-state index in [1.54, 1.807) is 42.2 Å². The molecule has 0 bridgehead atoms. The molecule has 2 aromatic rings. The summed E-state index contributed by atoms with van der Waals surface area (Å²) in [6, 6.07) is 11.8. The largest absolute Gasteiger partial charge is 0.492 e. The minimum atomic E-state index is -3.80. The molecule has 0 spiro atoms. The van der Waals surface area contributed by atoms with Crippen molar-refractivity contribution in [2.45, 2.75) is 25.2 Å². The number of ether oxygens (including phenoxy) is 1. The molecule has 0 atom stereocenters. The summed E-state index contributed by atoms with van der Waals surface area (Å²) in [5.41, 5.74) is 2.21. The zero-order valence-corrected chi connectivity index (χ0v) is 15.0. The van der Waals surface area contributed by atoms with Crippen molar-refractivity contribution in [3.05, 3.63) is 48.0 Å². The second-order valence-corrected chi connectivity index (χ2v) is 7.40. The van der Waals surface area contributed by atoms with Crippen molar-refractivity contribution in [1.82, 2.24) is 0 Å². The van der Waals surface area contributed by atoms with Crippen LogP contribution < -0.4 is 14.4 Å². The highest BCUT2D eigenvalue weighted by atomic mass is 32.2. The Morgan fingerprint density at radius 2 is 2.00 bits per heavy atom. The number of fused-ring (bicyclic) bond motifs is 1. The van der Waals surface area contributed by atoms with Crippen LogP contribution in [0.1, 0.15) is 19.4 Å². The van der Waals surface area contributed by atoms with Crippen molar-refractivity contribution in [3.8, 4) is 5.75 Å². The fourth-order valence-corrected chi connectivity index (χ4v) is 4.12. The number of carbonyl (C=O) groups is 1. The third-order valence-electron chi connectivity index (χ3n) is 4.05. The van der Waals surface area contributed by atoms with Gasteiger partial charge in [0.2, 0.25) is 5.91 Å². The second-order valence-electron chi connectivity index (χ2n) is 5.75. The van der Waals surface area contributed by atoms with Crippen molar-refractivity contribution in [2.75, 3.05) is 22.8 Å². The van der Waals surface area contributed by atoms with Gasteiger partial charge in [-0.25, -0.2) is 8.42 Å². The van der Waals surface area contributed by atoms with E-state index in [4.69, 9.17) is 4.74 Å². The average molecular weight is 360 g/mol. The highest BCUT2D eigenvalue weighted by Crippen LogP contribution is 2.32. The molecule has 0 fully saturated rings. The van der Waals surface area contributed by atoms with E-state index in [-0.39, 0.29) is 10.8 Å². The number of nitrogens with zero attached hydrogens (tertiary/aromatic N) is 1. The lowest BCUT2D eigenvalue weighted by molar-refractivity contribution is -0.116. The molecule has 0 unspecified atom stereocenters. The van der Waals surface area contributed by atoms with Crippen molar-refractivity contribution < 1.29 is 17.9 Å². The molecule has 0 radical (unpaired) electrons. The third-order valence-corrected chi connectivity index (χ3v) is 5.47. The highest BCUT2D eigenvalue weighted by Gasteiger charge is 2.24. The Hall–Kier alpha value is -2.54. The molecule has 6 nitrogen and oxygen atoms in total. The molecular formula is C18H20N2O4S. The molecule has 0 aromatic heterocycles. The van der Waals surface area contributed by atoms with Gasteiger partial charge in [-0.1, -0.05) is 18.2 Å². The van der Waals surface area contributed by atoms with Crippen LogP contribution in [0.25, 0.3) is 0 Å². The normalized spacial score (nSPS) is 13.4. The van der Waals surface area contributed by atoms with Gasteiger partial charge in [0.25, 0.3) is 10.0 Å². The van der Waals surface area contributed by atoms with Crippen LogP contribution >= 0.6 is 0 Å². The number of benzene rings is 2. The van der Waals surface area contributed by atoms with E-state index in [9.17, 15) is 13.2 Å². The SMILES string of the molecule is CCOc1ccccc1S(=O)(=O)Nc1ccc2c(c1)N(C(C)=O)CC2. The first-order chi connectivity index (χ1) is 11.9. The quantitative estimate of drug-likeness (QED) is 0.890. The van der Waals surface area contributed by atoms with E-state index in [1.165, 1.54) is 13.0 Å². The Morgan fingerprint density at radius 3 is 2.72 bits per heavy atom. The first kappa shape index (κ1) is 17.3. The smallest absolute Gasteiger partial charge is 0.265 e. The molecule has 1 amide bonds. The Morgan fingerprint density at radius 1 is 1.24 bits per heavy atom. The number of hydrogen-bond donors (Lipinski definition) is 1. The fourth-order valence-electron chi connectivity index (χ4n) is 2.93. The van der Waals surface area contributed by atoms with Crippen LogP contribution in [-0.4, -0.2) is 27.5 Å². The maximum Gasteiger partial charge on any atom is 0.265 e. The maximum atomic E-state index is 12.7. The molecule has 25 heavy (non-hydrogen) atoms. The van der Waals surface area contributed by atoms with Gasteiger partial charge in [-0.3, -0.25) is 9.52 Å². The van der Waals surface area contributed by atoms with Gasteiger partial charge in [0, 0.05) is 19.2 Å². The van der Waals surface area contributed by atoms with Crippen molar-refractivity contribution in [2.24, 2.45) is 0 Å². The number of carbonyl (C=O) groups excluding carboxylic acids is 1. The van der Waals surface area contributed by atoms with Gasteiger partial charge in [0.05, 0.1) is 12.3 Å². The molecule has 2 aromatic carbocycles. The first-order valence-electron chi connectivity index (χ1n) is 8.08. The van der Waals surface area contributed by atoms with Crippen molar-refractivity contribution in [3.63, 3.8) is 0 Å². The van der Waals surface area contributed by atoms with Gasteiger partial charge >= 0.3 is 0 Å². The van der Waals surface area contributed by atoms with E-state index in [0.717, 1.165) is 17.7 Å². The third kappa shape index (κ3) is 3.46. The number of para-hydroxylation sites is 1. The van der Waals surface area contributed by atoms with Crippen LogP contribution in [-0.2, 0) is 21.2 Å². The number of anilines is 2. The van der Waals surface area contributed by atoms with E-state index in [0.29, 0.717) is 24.6 Å². The van der Waals surface area contributed by atoms with Crippen LogP contribution in [0.4, 0.5) is 11.4 Å². The number of sulfonamides is 1. The summed E-state index contributed by atoms with van der Waals surface area (Å²) in [4.78, 5) is 13.5. The summed E-state index contributed by atoms with van der Waals surface area (Å²) in [6.07, 6.45) is 0.773. The zero-order valence-electron chi connectivity index (χ0n) is 14.2. The number of rotatable bonds is 5. The molecule has 7 heteroatoms. The van der Waals surface area contributed by atoms with Crippen LogP contribution in [0.5, 0.6) is 5.75 Å². The Balaban J connectivity index is 1.93. The number of nitrogens with one attached hydrogen (secondary N) is 1. The molecule has 0 aliphatic carbocycles. The standard InChI is InChI=1S/C18H20N2O4S/c1-3-24-17-6-4-5-7-18(17)25(22,23)19-15-9-8-14-10-11-20(13(2)21)16(14)12-15/h4-9,12,19H,3,10-11H2,1-2H3. The summed E-state index contributed by atoms with van der Waals surface area (Å²) in [6.45, 7) is 4.30. The van der Waals surface area contributed by atoms with E-state index in [2.05, 4.69) is 4.72 Å². The molecule has 132 valence electrons. The average Bonchev–Trinajstić information content (AvgIpc) is 2.98. The lowest BCUT2D eigenvalue weighted by atomic mass is 10.1. The molecule has 1 heterocycles. The predicted molar refractivity (Wildman–Crippen MR) is 96.6 cm³/mol. The van der Waals surface area contributed by atoms with Crippen LogP contribution in [0, 0.1) is 0 Å². The lowest BCUT2D eigenvalue weighted by Crippen LogP contribution is -2.25. The fraction of sp³-hybridized carbons (Fsp3) is 0.278. The summed E-state index contributed by atoms with van der Waals surface area (Å²) in [7, 11) is -3.80. The monoisotopic (exact) mass is 360 g/mol. The van der Waals surface area contributed by atoms with Gasteiger partial charge < -0.3 is 9.64 Å². The van der Waals surface area contributed by atoms with Gasteiger partial charge in [-0.2, -0.15) is 0 Å². The molecular weight excluding hydrogens is 340 g/mol.